The van der Waals surface area contributed by atoms with Crippen LogP contribution in [0, 0.1) is 5.92 Å². The van der Waals surface area contributed by atoms with Gasteiger partial charge in [-0.05, 0) is 26.8 Å². The van der Waals surface area contributed by atoms with Crippen molar-refractivity contribution in [3.8, 4) is 5.88 Å². The van der Waals surface area contributed by atoms with Crippen LogP contribution in [0.3, 0.4) is 0 Å². The molecular formula is C14H21NO4. The van der Waals surface area contributed by atoms with E-state index in [0.717, 1.165) is 0 Å². The van der Waals surface area contributed by atoms with E-state index in [4.69, 9.17) is 9.47 Å². The fraction of sp³-hybridized carbons (Fsp3) is 0.571. The van der Waals surface area contributed by atoms with E-state index >= 15 is 0 Å². The van der Waals surface area contributed by atoms with Gasteiger partial charge in [-0.1, -0.05) is 6.07 Å². The van der Waals surface area contributed by atoms with Crippen molar-refractivity contribution in [1.82, 2.24) is 4.98 Å². The van der Waals surface area contributed by atoms with Crippen LogP contribution < -0.4 is 4.74 Å². The average molecular weight is 267 g/mol. The maximum Gasteiger partial charge on any atom is 0.306 e. The normalized spacial score (nSPS) is 12.8. The largest absolute Gasteiger partial charge is 0.477 e. The molecule has 0 saturated carbocycles. The molecule has 0 radical (unpaired) electrons. The zero-order valence-corrected chi connectivity index (χ0v) is 11.6. The van der Waals surface area contributed by atoms with E-state index in [1.807, 2.05) is 26.8 Å². The fourth-order valence-electron chi connectivity index (χ4n) is 1.43. The van der Waals surface area contributed by atoms with Crippen LogP contribution in [0.5, 0.6) is 5.88 Å². The Morgan fingerprint density at radius 2 is 2.16 bits per heavy atom. The number of carbonyl (C=O) groups is 1. The van der Waals surface area contributed by atoms with Gasteiger partial charge in [0.1, 0.15) is 5.60 Å². The van der Waals surface area contributed by atoms with E-state index in [2.05, 4.69) is 4.98 Å². The first-order valence-electron chi connectivity index (χ1n) is 6.27. The van der Waals surface area contributed by atoms with Gasteiger partial charge in [0.15, 0.2) is 0 Å². The second kappa shape index (κ2) is 7.09. The molecule has 0 amide bonds. The summed E-state index contributed by atoms with van der Waals surface area (Å²) < 4.78 is 10.6. The van der Waals surface area contributed by atoms with Crippen molar-refractivity contribution >= 4 is 5.97 Å². The van der Waals surface area contributed by atoms with Crippen LogP contribution in [-0.4, -0.2) is 34.9 Å². The van der Waals surface area contributed by atoms with E-state index in [-0.39, 0.29) is 31.5 Å². The Hall–Kier alpha value is -1.62. The standard InChI is InChI=1S/C14H21NO4/c1-14(2,3)19-13(17)8-11(9-16)10-18-12-6-4-5-7-15-12/h4-7,11,16H,8-10H2,1-3H3/t11-/m1/s1. The Morgan fingerprint density at radius 1 is 1.42 bits per heavy atom. The van der Waals surface area contributed by atoms with Crippen molar-refractivity contribution in [3.05, 3.63) is 24.4 Å². The number of hydrogen-bond donors (Lipinski definition) is 1. The minimum Gasteiger partial charge on any atom is -0.477 e. The minimum absolute atomic E-state index is 0.126. The highest BCUT2D eigenvalue weighted by Gasteiger charge is 2.20. The predicted molar refractivity (Wildman–Crippen MR) is 70.8 cm³/mol. The van der Waals surface area contributed by atoms with Crippen LogP contribution in [0.2, 0.25) is 0 Å². The molecule has 0 spiro atoms. The Kier molecular flexibility index (Phi) is 5.76. The second-order valence-electron chi connectivity index (χ2n) is 5.32. The molecule has 0 aliphatic carbocycles. The third kappa shape index (κ3) is 6.76. The van der Waals surface area contributed by atoms with Gasteiger partial charge in [-0.2, -0.15) is 0 Å². The molecule has 5 heteroatoms. The van der Waals surface area contributed by atoms with E-state index in [1.165, 1.54) is 0 Å². The van der Waals surface area contributed by atoms with Crippen LogP contribution in [0.4, 0.5) is 0 Å². The average Bonchev–Trinajstić information content (AvgIpc) is 2.33. The van der Waals surface area contributed by atoms with Crippen LogP contribution in [0.15, 0.2) is 24.4 Å². The summed E-state index contributed by atoms with van der Waals surface area (Å²) in [5, 5.41) is 9.24. The molecule has 1 N–H and O–H groups in total. The summed E-state index contributed by atoms with van der Waals surface area (Å²) in [6.07, 6.45) is 1.75. The predicted octanol–water partition coefficient (Wildman–Crippen LogP) is 1.80. The molecule has 1 aromatic heterocycles. The highest BCUT2D eigenvalue weighted by Crippen LogP contribution is 2.13. The van der Waals surface area contributed by atoms with Crippen LogP contribution in [-0.2, 0) is 9.53 Å². The third-order valence-electron chi connectivity index (χ3n) is 2.24. The highest BCUT2D eigenvalue weighted by atomic mass is 16.6. The first-order chi connectivity index (χ1) is 8.90. The fourth-order valence-corrected chi connectivity index (χ4v) is 1.43. The number of ether oxygens (including phenoxy) is 2. The number of nitrogens with zero attached hydrogens (tertiary/aromatic N) is 1. The molecule has 106 valence electrons. The van der Waals surface area contributed by atoms with Crippen molar-refractivity contribution in [2.45, 2.75) is 32.8 Å². The lowest BCUT2D eigenvalue weighted by Gasteiger charge is -2.21. The van der Waals surface area contributed by atoms with E-state index in [9.17, 15) is 9.90 Å². The molecule has 0 aliphatic heterocycles. The summed E-state index contributed by atoms with van der Waals surface area (Å²) in [6, 6.07) is 5.32. The lowest BCUT2D eigenvalue weighted by Crippen LogP contribution is -2.27. The second-order valence-corrected chi connectivity index (χ2v) is 5.32. The number of esters is 1. The van der Waals surface area contributed by atoms with Crippen molar-refractivity contribution < 1.29 is 19.4 Å². The number of aliphatic hydroxyl groups excluding tert-OH is 1. The summed E-state index contributed by atoms with van der Waals surface area (Å²) in [7, 11) is 0. The van der Waals surface area contributed by atoms with Gasteiger partial charge in [-0.25, -0.2) is 4.98 Å². The summed E-state index contributed by atoms with van der Waals surface area (Å²) in [4.78, 5) is 15.6. The zero-order valence-electron chi connectivity index (χ0n) is 11.6. The van der Waals surface area contributed by atoms with Crippen LogP contribution >= 0.6 is 0 Å². The molecule has 1 atom stereocenters. The molecule has 0 bridgehead atoms. The maximum absolute atomic E-state index is 11.6. The Labute approximate surface area is 113 Å². The topological polar surface area (TPSA) is 68.7 Å². The van der Waals surface area contributed by atoms with Gasteiger partial charge < -0.3 is 14.6 Å². The smallest absolute Gasteiger partial charge is 0.306 e. The molecule has 1 heterocycles. The summed E-state index contributed by atoms with van der Waals surface area (Å²) in [5.41, 5.74) is -0.515. The molecule has 19 heavy (non-hydrogen) atoms. The molecule has 0 aliphatic rings. The molecular weight excluding hydrogens is 246 g/mol. The lowest BCUT2D eigenvalue weighted by molar-refractivity contribution is -0.156. The van der Waals surface area contributed by atoms with Gasteiger partial charge in [0.25, 0.3) is 0 Å². The highest BCUT2D eigenvalue weighted by molar-refractivity contribution is 5.70. The van der Waals surface area contributed by atoms with Crippen LogP contribution in [0.1, 0.15) is 27.2 Å². The van der Waals surface area contributed by atoms with Crippen molar-refractivity contribution in [2.24, 2.45) is 5.92 Å². The van der Waals surface area contributed by atoms with Crippen molar-refractivity contribution in [1.29, 1.82) is 0 Å². The van der Waals surface area contributed by atoms with Crippen molar-refractivity contribution in [2.75, 3.05) is 13.2 Å². The van der Waals surface area contributed by atoms with Gasteiger partial charge in [-0.15, -0.1) is 0 Å². The Bertz CT molecular complexity index is 386. The monoisotopic (exact) mass is 267 g/mol. The molecule has 1 rings (SSSR count). The number of hydrogen-bond acceptors (Lipinski definition) is 5. The zero-order chi connectivity index (χ0) is 14.3. The Morgan fingerprint density at radius 3 is 2.68 bits per heavy atom. The molecule has 0 unspecified atom stereocenters. The number of aromatic nitrogens is 1. The quantitative estimate of drug-likeness (QED) is 0.796. The lowest BCUT2D eigenvalue weighted by atomic mass is 10.1. The summed E-state index contributed by atoms with van der Waals surface area (Å²) in [6.45, 7) is 5.52. The SMILES string of the molecule is CC(C)(C)OC(=O)C[C@H](CO)COc1ccccn1. The number of pyridine rings is 1. The van der Waals surface area contributed by atoms with Gasteiger partial charge in [0.2, 0.25) is 5.88 Å². The number of rotatable bonds is 6. The molecule has 5 nitrogen and oxygen atoms in total. The van der Waals surface area contributed by atoms with Gasteiger partial charge in [-0.3, -0.25) is 4.79 Å². The van der Waals surface area contributed by atoms with E-state index < -0.39 is 5.60 Å². The first kappa shape index (κ1) is 15.4. The van der Waals surface area contributed by atoms with E-state index in [0.29, 0.717) is 5.88 Å². The van der Waals surface area contributed by atoms with Gasteiger partial charge in [0.05, 0.1) is 13.0 Å². The molecule has 0 aromatic carbocycles. The number of carbonyl (C=O) groups excluding carboxylic acids is 1. The van der Waals surface area contributed by atoms with Gasteiger partial charge in [0, 0.05) is 24.8 Å². The first-order valence-corrected chi connectivity index (χ1v) is 6.27. The third-order valence-corrected chi connectivity index (χ3v) is 2.24. The van der Waals surface area contributed by atoms with Crippen LogP contribution in [0.25, 0.3) is 0 Å². The van der Waals surface area contributed by atoms with Crippen molar-refractivity contribution in [3.63, 3.8) is 0 Å². The number of aliphatic hydroxyl groups is 1. The summed E-state index contributed by atoms with van der Waals surface area (Å²) in [5.74, 6) is -0.154. The molecule has 1 aromatic rings. The molecule has 0 fully saturated rings. The molecule has 0 saturated heterocycles. The van der Waals surface area contributed by atoms with E-state index in [1.54, 1.807) is 18.3 Å². The summed E-state index contributed by atoms with van der Waals surface area (Å²) >= 11 is 0. The Balaban J connectivity index is 2.39. The van der Waals surface area contributed by atoms with Gasteiger partial charge >= 0.3 is 5.97 Å². The minimum atomic E-state index is -0.515. The maximum atomic E-state index is 11.6.